The molecule has 0 unspecified atom stereocenters. The smallest absolute Gasteiger partial charge is 0.403 e. The zero-order valence-electron chi connectivity index (χ0n) is 21.6. The first-order valence-electron chi connectivity index (χ1n) is 14.0. The van der Waals surface area contributed by atoms with Crippen molar-refractivity contribution in [3.05, 3.63) is 24.7 Å². The van der Waals surface area contributed by atoms with Crippen LogP contribution in [0.4, 0.5) is 4.79 Å². The lowest BCUT2D eigenvalue weighted by molar-refractivity contribution is 0.119. The lowest BCUT2D eigenvalue weighted by Gasteiger charge is -2.01. The van der Waals surface area contributed by atoms with Gasteiger partial charge in [-0.1, -0.05) is 129 Å². The molecule has 3 heteroatoms. The SMILES string of the molecule is CCCCCCCCCCCC/C=C/OC(=O)O/C=C/CCCCCCCCCCCC. The van der Waals surface area contributed by atoms with E-state index in [0.717, 1.165) is 25.7 Å². The van der Waals surface area contributed by atoms with Gasteiger partial charge in [-0.25, -0.2) is 4.79 Å². The Morgan fingerprint density at radius 3 is 1.06 bits per heavy atom. The first kappa shape index (κ1) is 30.8. The molecule has 32 heavy (non-hydrogen) atoms. The fourth-order valence-electron chi connectivity index (χ4n) is 3.87. The molecule has 0 aliphatic rings. The van der Waals surface area contributed by atoms with Crippen LogP contribution >= 0.6 is 0 Å². The van der Waals surface area contributed by atoms with Gasteiger partial charge in [0.05, 0.1) is 12.5 Å². The Bertz CT molecular complexity index is 390. The average Bonchev–Trinajstić information content (AvgIpc) is 2.80. The lowest BCUT2D eigenvalue weighted by Crippen LogP contribution is -1.97. The second-order valence-electron chi connectivity index (χ2n) is 9.17. The van der Waals surface area contributed by atoms with E-state index >= 15 is 0 Å². The summed E-state index contributed by atoms with van der Waals surface area (Å²) in [7, 11) is 0. The molecule has 0 fully saturated rings. The summed E-state index contributed by atoms with van der Waals surface area (Å²) in [5.41, 5.74) is 0. The molecule has 0 rings (SSSR count). The molecule has 0 aliphatic carbocycles. The van der Waals surface area contributed by atoms with Crippen molar-refractivity contribution in [2.24, 2.45) is 0 Å². The minimum absolute atomic E-state index is 0.649. The van der Waals surface area contributed by atoms with Crippen molar-refractivity contribution in [2.75, 3.05) is 0 Å². The van der Waals surface area contributed by atoms with Gasteiger partial charge < -0.3 is 9.47 Å². The van der Waals surface area contributed by atoms with Gasteiger partial charge in [-0.15, -0.1) is 0 Å². The van der Waals surface area contributed by atoms with Gasteiger partial charge in [-0.2, -0.15) is 0 Å². The van der Waals surface area contributed by atoms with Crippen LogP contribution < -0.4 is 0 Å². The molecule has 3 nitrogen and oxygen atoms in total. The van der Waals surface area contributed by atoms with Gasteiger partial charge in [0.25, 0.3) is 0 Å². The fraction of sp³-hybridized carbons (Fsp3) is 0.828. The number of rotatable bonds is 24. The van der Waals surface area contributed by atoms with Crippen LogP contribution in [0, 0.1) is 0 Å². The van der Waals surface area contributed by atoms with Crippen LogP contribution in [0.3, 0.4) is 0 Å². The van der Waals surface area contributed by atoms with Crippen LogP contribution in [0.25, 0.3) is 0 Å². The Morgan fingerprint density at radius 1 is 0.469 bits per heavy atom. The van der Waals surface area contributed by atoms with Gasteiger partial charge in [0.2, 0.25) is 0 Å². The maximum Gasteiger partial charge on any atom is 0.518 e. The molecule has 0 spiro atoms. The van der Waals surface area contributed by atoms with E-state index in [2.05, 4.69) is 13.8 Å². The van der Waals surface area contributed by atoms with Crippen molar-refractivity contribution in [2.45, 2.75) is 155 Å². The second kappa shape index (κ2) is 27.8. The molecule has 0 atom stereocenters. The summed E-state index contributed by atoms with van der Waals surface area (Å²) in [6, 6.07) is 0. The quantitative estimate of drug-likeness (QED) is 0.0833. The molecule has 0 aromatic carbocycles. The van der Waals surface area contributed by atoms with Gasteiger partial charge in [-0.05, 0) is 37.8 Å². The summed E-state index contributed by atoms with van der Waals surface area (Å²) in [5.74, 6) is 0. The molecule has 0 heterocycles. The first-order chi connectivity index (χ1) is 15.8. The predicted molar refractivity (Wildman–Crippen MR) is 139 cm³/mol. The number of ether oxygens (including phenoxy) is 2. The molecule has 0 N–H and O–H groups in total. The van der Waals surface area contributed by atoms with E-state index in [-0.39, 0.29) is 0 Å². The van der Waals surface area contributed by atoms with Crippen molar-refractivity contribution in [3.63, 3.8) is 0 Å². The third kappa shape index (κ3) is 26.8. The van der Waals surface area contributed by atoms with Crippen molar-refractivity contribution >= 4 is 6.16 Å². The number of carbonyl (C=O) groups excluding carboxylic acids is 1. The molecular weight excluding hydrogens is 396 g/mol. The molecule has 0 aromatic heterocycles. The Hall–Kier alpha value is -1.25. The Balaban J connectivity index is 3.31. The molecule has 0 aliphatic heterocycles. The van der Waals surface area contributed by atoms with Gasteiger partial charge in [0, 0.05) is 0 Å². The number of hydrogen-bond donors (Lipinski definition) is 0. The topological polar surface area (TPSA) is 35.5 Å². The lowest BCUT2D eigenvalue weighted by atomic mass is 10.1. The van der Waals surface area contributed by atoms with E-state index in [1.807, 2.05) is 12.2 Å². The molecule has 0 amide bonds. The Morgan fingerprint density at radius 2 is 0.750 bits per heavy atom. The molecule has 0 bridgehead atoms. The van der Waals surface area contributed by atoms with E-state index in [4.69, 9.17) is 9.47 Å². The largest absolute Gasteiger partial charge is 0.518 e. The van der Waals surface area contributed by atoms with Crippen molar-refractivity contribution in [1.82, 2.24) is 0 Å². The van der Waals surface area contributed by atoms with Crippen molar-refractivity contribution in [1.29, 1.82) is 0 Å². The van der Waals surface area contributed by atoms with Gasteiger partial charge in [0.1, 0.15) is 0 Å². The Kier molecular flexibility index (Phi) is 26.7. The fourth-order valence-corrected chi connectivity index (χ4v) is 3.87. The standard InChI is InChI=1S/C29H54O3/c1-3-5-7-9-11-13-15-17-19-21-23-25-27-31-29(30)32-28-26-24-22-20-18-16-14-12-10-8-6-4-2/h25-28H,3-24H2,1-2H3/b27-25+,28-26+. The summed E-state index contributed by atoms with van der Waals surface area (Å²) in [6.07, 6.45) is 34.7. The van der Waals surface area contributed by atoms with E-state index in [1.54, 1.807) is 0 Å². The monoisotopic (exact) mass is 450 g/mol. The molecule has 0 saturated heterocycles. The highest BCUT2D eigenvalue weighted by Crippen LogP contribution is 2.12. The van der Waals surface area contributed by atoms with Crippen LogP contribution in [-0.2, 0) is 9.47 Å². The maximum atomic E-state index is 11.5. The van der Waals surface area contributed by atoms with E-state index in [0.29, 0.717) is 0 Å². The van der Waals surface area contributed by atoms with Crippen LogP contribution in [0.5, 0.6) is 0 Å². The zero-order valence-corrected chi connectivity index (χ0v) is 21.6. The molecule has 188 valence electrons. The second-order valence-corrected chi connectivity index (χ2v) is 9.17. The number of allylic oxidation sites excluding steroid dienone is 2. The van der Waals surface area contributed by atoms with Gasteiger partial charge in [-0.3, -0.25) is 0 Å². The first-order valence-corrected chi connectivity index (χ1v) is 14.0. The highest BCUT2D eigenvalue weighted by Gasteiger charge is 1.97. The zero-order chi connectivity index (χ0) is 23.4. The predicted octanol–water partition coefficient (Wildman–Crippen LogP) is 10.8. The van der Waals surface area contributed by atoms with Gasteiger partial charge >= 0.3 is 6.16 Å². The minimum Gasteiger partial charge on any atom is -0.403 e. The summed E-state index contributed by atoms with van der Waals surface area (Å²) >= 11 is 0. The van der Waals surface area contributed by atoms with E-state index in [1.165, 1.54) is 128 Å². The number of carbonyl (C=O) groups is 1. The van der Waals surface area contributed by atoms with Crippen LogP contribution in [0.2, 0.25) is 0 Å². The summed E-state index contributed by atoms with van der Waals surface area (Å²) in [5, 5.41) is 0. The number of unbranched alkanes of at least 4 members (excludes halogenated alkanes) is 20. The molecule has 0 aromatic rings. The third-order valence-electron chi connectivity index (χ3n) is 5.97. The highest BCUT2D eigenvalue weighted by atomic mass is 16.7. The Labute approximate surface area is 200 Å². The van der Waals surface area contributed by atoms with Crippen LogP contribution in [0.15, 0.2) is 24.7 Å². The summed E-state index contributed by atoms with van der Waals surface area (Å²) in [6.45, 7) is 4.53. The molecular formula is C29H54O3. The molecule has 0 radical (unpaired) electrons. The van der Waals surface area contributed by atoms with Crippen molar-refractivity contribution in [3.8, 4) is 0 Å². The minimum atomic E-state index is -0.649. The van der Waals surface area contributed by atoms with Crippen molar-refractivity contribution < 1.29 is 14.3 Å². The molecule has 0 saturated carbocycles. The van der Waals surface area contributed by atoms with Crippen LogP contribution in [0.1, 0.15) is 155 Å². The number of hydrogen-bond acceptors (Lipinski definition) is 3. The van der Waals surface area contributed by atoms with E-state index < -0.39 is 6.16 Å². The summed E-state index contributed by atoms with van der Waals surface area (Å²) < 4.78 is 9.90. The average molecular weight is 451 g/mol. The van der Waals surface area contributed by atoms with Gasteiger partial charge in [0.15, 0.2) is 0 Å². The maximum absolute atomic E-state index is 11.5. The third-order valence-corrected chi connectivity index (χ3v) is 5.97. The summed E-state index contributed by atoms with van der Waals surface area (Å²) in [4.78, 5) is 11.5. The normalized spacial score (nSPS) is 11.6. The van der Waals surface area contributed by atoms with Crippen LogP contribution in [-0.4, -0.2) is 6.16 Å². The van der Waals surface area contributed by atoms with E-state index in [9.17, 15) is 4.79 Å². The highest BCUT2D eigenvalue weighted by molar-refractivity contribution is 5.61.